The lowest BCUT2D eigenvalue weighted by atomic mass is 9.97. The molecule has 0 unspecified atom stereocenters. The molecule has 184 valence electrons. The molecule has 0 saturated carbocycles. The summed E-state index contributed by atoms with van der Waals surface area (Å²) in [6, 6.07) is 8.56. The number of urea groups is 1. The number of methoxy groups -OCH3 is 3. The summed E-state index contributed by atoms with van der Waals surface area (Å²) in [6.45, 7) is 7.01. The number of amides is 3. The van der Waals surface area contributed by atoms with E-state index < -0.39 is 11.9 Å². The summed E-state index contributed by atoms with van der Waals surface area (Å²) in [6.07, 6.45) is 0. The number of nitrogens with one attached hydrogen (secondary N) is 3. The third-order valence-corrected chi connectivity index (χ3v) is 5.49. The van der Waals surface area contributed by atoms with Gasteiger partial charge < -0.3 is 29.2 Å². The van der Waals surface area contributed by atoms with E-state index in [2.05, 4.69) is 21.1 Å². The maximum atomic E-state index is 12.9. The van der Waals surface area contributed by atoms with E-state index in [0.717, 1.165) is 24.3 Å². The Morgan fingerprint density at radius 2 is 1.53 bits per heavy atom. The molecule has 1 saturated heterocycles. The summed E-state index contributed by atoms with van der Waals surface area (Å²) in [4.78, 5) is 27.5. The number of hydrazine groups is 1. The molecule has 1 heterocycles. The minimum absolute atomic E-state index is 0.0537. The van der Waals surface area contributed by atoms with Crippen LogP contribution in [0, 0.1) is 0 Å². The summed E-state index contributed by atoms with van der Waals surface area (Å²) in [5.74, 6) is 0.515. The second kappa shape index (κ2) is 11.5. The Morgan fingerprint density at radius 3 is 2.09 bits per heavy atom. The highest BCUT2D eigenvalue weighted by Gasteiger charge is 2.26. The molecule has 0 radical (unpaired) electrons. The highest BCUT2D eigenvalue weighted by atomic mass is 16.5. The van der Waals surface area contributed by atoms with Crippen LogP contribution in [-0.4, -0.2) is 59.6 Å². The maximum absolute atomic E-state index is 12.9. The van der Waals surface area contributed by atoms with Gasteiger partial charge in [0.15, 0.2) is 11.5 Å². The van der Waals surface area contributed by atoms with E-state index in [-0.39, 0.29) is 17.2 Å². The van der Waals surface area contributed by atoms with E-state index >= 15 is 0 Å². The van der Waals surface area contributed by atoms with Gasteiger partial charge in [-0.1, -0.05) is 13.8 Å². The first-order chi connectivity index (χ1) is 16.4. The molecule has 1 aliphatic heterocycles. The van der Waals surface area contributed by atoms with Gasteiger partial charge in [-0.25, -0.2) is 10.2 Å². The zero-order chi connectivity index (χ0) is 24.7. The molecule has 1 aliphatic rings. The smallest absolute Gasteiger partial charge is 0.337 e. The Labute approximate surface area is 199 Å². The van der Waals surface area contributed by atoms with Crippen molar-refractivity contribution in [1.82, 2.24) is 10.9 Å². The molecule has 10 nitrogen and oxygen atoms in total. The number of rotatable bonds is 7. The van der Waals surface area contributed by atoms with E-state index in [9.17, 15) is 9.59 Å². The standard InChI is InChI=1S/C24H32N4O6/c1-15(2)18-14-19(21(32-4)22(33-5)20(18)31-3)23(29)26-27-24(30)25-16-6-8-17(9-7-16)28-10-12-34-13-11-28/h6-9,14-15H,10-13H2,1-5H3,(H,26,29)(H2,25,27,30). The molecule has 10 heteroatoms. The first-order valence-corrected chi connectivity index (χ1v) is 11.0. The second-order valence-corrected chi connectivity index (χ2v) is 7.95. The van der Waals surface area contributed by atoms with Gasteiger partial charge in [0.2, 0.25) is 5.75 Å². The fraction of sp³-hybridized carbons (Fsp3) is 0.417. The van der Waals surface area contributed by atoms with E-state index in [1.807, 2.05) is 26.0 Å². The number of ether oxygens (including phenoxy) is 4. The zero-order valence-corrected chi connectivity index (χ0v) is 20.2. The highest BCUT2D eigenvalue weighted by Crippen LogP contribution is 2.45. The van der Waals surface area contributed by atoms with E-state index in [0.29, 0.717) is 30.4 Å². The molecular weight excluding hydrogens is 440 g/mol. The Kier molecular flexibility index (Phi) is 8.42. The van der Waals surface area contributed by atoms with Crippen LogP contribution in [0.15, 0.2) is 30.3 Å². The van der Waals surface area contributed by atoms with E-state index in [1.165, 1.54) is 21.3 Å². The summed E-state index contributed by atoms with van der Waals surface area (Å²) >= 11 is 0. The van der Waals surface area contributed by atoms with Crippen LogP contribution >= 0.6 is 0 Å². The van der Waals surface area contributed by atoms with Crippen molar-refractivity contribution in [3.05, 3.63) is 41.5 Å². The molecule has 0 atom stereocenters. The molecule has 0 aromatic heterocycles. The van der Waals surface area contributed by atoms with Crippen molar-refractivity contribution in [2.45, 2.75) is 19.8 Å². The van der Waals surface area contributed by atoms with Crippen LogP contribution in [0.4, 0.5) is 16.2 Å². The summed E-state index contributed by atoms with van der Waals surface area (Å²) in [7, 11) is 4.44. The van der Waals surface area contributed by atoms with Gasteiger partial charge in [0.1, 0.15) is 0 Å². The summed E-state index contributed by atoms with van der Waals surface area (Å²) in [5.41, 5.74) is 7.41. The first kappa shape index (κ1) is 25.0. The van der Waals surface area contributed by atoms with E-state index in [4.69, 9.17) is 18.9 Å². The van der Waals surface area contributed by atoms with Crippen molar-refractivity contribution in [3.63, 3.8) is 0 Å². The minimum atomic E-state index is -0.587. The molecule has 2 aromatic carbocycles. The maximum Gasteiger partial charge on any atom is 0.337 e. The number of anilines is 2. The van der Waals surface area contributed by atoms with Crippen molar-refractivity contribution < 1.29 is 28.5 Å². The van der Waals surface area contributed by atoms with Crippen molar-refractivity contribution in [1.29, 1.82) is 0 Å². The first-order valence-electron chi connectivity index (χ1n) is 11.0. The van der Waals surface area contributed by atoms with Crippen LogP contribution < -0.4 is 35.3 Å². The zero-order valence-electron chi connectivity index (χ0n) is 20.2. The fourth-order valence-electron chi connectivity index (χ4n) is 3.76. The fourth-order valence-corrected chi connectivity index (χ4v) is 3.76. The monoisotopic (exact) mass is 472 g/mol. The molecule has 3 amide bonds. The third kappa shape index (κ3) is 5.63. The van der Waals surface area contributed by atoms with Gasteiger partial charge >= 0.3 is 6.03 Å². The van der Waals surface area contributed by atoms with Crippen LogP contribution in [0.3, 0.4) is 0 Å². The molecule has 1 fully saturated rings. The number of carbonyl (C=O) groups is 2. The minimum Gasteiger partial charge on any atom is -0.492 e. The van der Waals surface area contributed by atoms with Crippen LogP contribution in [0.25, 0.3) is 0 Å². The lowest BCUT2D eigenvalue weighted by Crippen LogP contribution is -2.44. The van der Waals surface area contributed by atoms with Crippen molar-refractivity contribution in [2.75, 3.05) is 57.8 Å². The van der Waals surface area contributed by atoms with Gasteiger partial charge in [0, 0.05) is 30.0 Å². The van der Waals surface area contributed by atoms with Gasteiger partial charge in [-0.2, -0.15) is 0 Å². The summed E-state index contributed by atoms with van der Waals surface area (Å²) in [5, 5.41) is 2.69. The third-order valence-electron chi connectivity index (χ3n) is 5.49. The number of nitrogens with zero attached hydrogens (tertiary/aromatic N) is 1. The molecule has 3 N–H and O–H groups in total. The van der Waals surface area contributed by atoms with Gasteiger partial charge in [-0.15, -0.1) is 0 Å². The molecule has 34 heavy (non-hydrogen) atoms. The molecule has 0 bridgehead atoms. The number of carbonyl (C=O) groups excluding carboxylic acids is 2. The van der Waals surface area contributed by atoms with Gasteiger partial charge in [0.25, 0.3) is 5.91 Å². The predicted octanol–water partition coefficient (Wildman–Crippen LogP) is 3.14. The van der Waals surface area contributed by atoms with Crippen LogP contribution in [-0.2, 0) is 4.74 Å². The number of hydrogen-bond acceptors (Lipinski definition) is 7. The quantitative estimate of drug-likeness (QED) is 0.531. The number of hydrogen-bond donors (Lipinski definition) is 3. The Morgan fingerprint density at radius 1 is 0.912 bits per heavy atom. The highest BCUT2D eigenvalue weighted by molar-refractivity contribution is 6.00. The largest absolute Gasteiger partial charge is 0.492 e. The van der Waals surface area contributed by atoms with Gasteiger partial charge in [-0.05, 0) is 36.2 Å². The van der Waals surface area contributed by atoms with Gasteiger partial charge in [0.05, 0.1) is 40.1 Å². The van der Waals surface area contributed by atoms with Crippen molar-refractivity contribution >= 4 is 23.3 Å². The number of benzene rings is 2. The van der Waals surface area contributed by atoms with Crippen LogP contribution in [0.5, 0.6) is 17.2 Å². The SMILES string of the molecule is COc1c(C(=O)NNC(=O)Nc2ccc(N3CCOCC3)cc2)cc(C(C)C)c(OC)c1OC. The second-order valence-electron chi connectivity index (χ2n) is 7.95. The molecule has 0 spiro atoms. The number of morpholine rings is 1. The Balaban J connectivity index is 1.67. The summed E-state index contributed by atoms with van der Waals surface area (Å²) < 4.78 is 21.7. The average molecular weight is 473 g/mol. The molecule has 3 rings (SSSR count). The Hall–Kier alpha value is -3.66. The molecule has 0 aliphatic carbocycles. The predicted molar refractivity (Wildman–Crippen MR) is 129 cm³/mol. The van der Waals surface area contributed by atoms with E-state index in [1.54, 1.807) is 18.2 Å². The lowest BCUT2D eigenvalue weighted by molar-refractivity contribution is 0.0934. The van der Waals surface area contributed by atoms with Crippen molar-refractivity contribution in [2.24, 2.45) is 0 Å². The van der Waals surface area contributed by atoms with Crippen molar-refractivity contribution in [3.8, 4) is 17.2 Å². The topological polar surface area (TPSA) is 110 Å². The Bertz CT molecular complexity index is 1000. The normalized spacial score (nSPS) is 13.3. The van der Waals surface area contributed by atoms with Crippen LogP contribution in [0.2, 0.25) is 0 Å². The van der Waals surface area contributed by atoms with Gasteiger partial charge in [-0.3, -0.25) is 10.2 Å². The van der Waals surface area contributed by atoms with Crippen LogP contribution in [0.1, 0.15) is 35.7 Å². The molecular formula is C24H32N4O6. The molecule has 2 aromatic rings. The average Bonchev–Trinajstić information content (AvgIpc) is 2.86. The lowest BCUT2D eigenvalue weighted by Gasteiger charge is -2.28.